The first kappa shape index (κ1) is 30.2. The minimum atomic E-state index is -0.0196. The summed E-state index contributed by atoms with van der Waals surface area (Å²) in [4.78, 5) is 25.5. The van der Waals surface area contributed by atoms with Crippen LogP contribution in [0.2, 0.25) is 0 Å². The molecule has 6 bridgehead atoms. The zero-order valence-corrected chi connectivity index (χ0v) is 25.2. The molecule has 2 aliphatic heterocycles. The number of hydrogen-bond acceptors (Lipinski definition) is 9. The van der Waals surface area contributed by atoms with Crippen molar-refractivity contribution in [2.75, 3.05) is 70.7 Å². The fourth-order valence-electron chi connectivity index (χ4n) is 5.28. The molecule has 0 spiro atoms. The molecule has 2 N–H and O–H groups in total. The van der Waals surface area contributed by atoms with Crippen LogP contribution in [0.3, 0.4) is 0 Å². The first-order valence-corrected chi connectivity index (χ1v) is 14.9. The fourth-order valence-corrected chi connectivity index (χ4v) is 5.28. The molecule has 0 atom stereocenters. The van der Waals surface area contributed by atoms with Gasteiger partial charge in [-0.3, -0.25) is 9.69 Å². The standard InChI is InChI=1S/C33H42N8O2/c1-4-32(42)40-16-9-17-41(25-40)39(3)18-14-34-28-20-26-21-29(23-28)36-33-35-13-12-31(37-33)27-10-8-11-30(22-27)43-19-7-5-6-15-38(2)24-26/h4-6,8,10-13,20-23,34H,1,7,9,14-19,24-25H2,2-3H3,(H,35,36,37)/b6-5+. The van der Waals surface area contributed by atoms with E-state index in [9.17, 15) is 4.79 Å². The average molecular weight is 583 g/mol. The topological polar surface area (TPSA) is 89.1 Å². The van der Waals surface area contributed by atoms with E-state index in [2.05, 4.69) is 81.6 Å². The number of ether oxygens (including phenoxy) is 1. The summed E-state index contributed by atoms with van der Waals surface area (Å²) >= 11 is 0. The van der Waals surface area contributed by atoms with Gasteiger partial charge in [-0.15, -0.1) is 0 Å². The van der Waals surface area contributed by atoms with Crippen molar-refractivity contribution in [3.05, 3.63) is 85.1 Å². The summed E-state index contributed by atoms with van der Waals surface area (Å²) in [6.45, 7) is 9.71. The van der Waals surface area contributed by atoms with Gasteiger partial charge in [0.05, 0.1) is 19.0 Å². The number of aromatic nitrogens is 2. The lowest BCUT2D eigenvalue weighted by Gasteiger charge is -2.40. The summed E-state index contributed by atoms with van der Waals surface area (Å²) in [6, 6.07) is 16.4. The first-order chi connectivity index (χ1) is 21.0. The van der Waals surface area contributed by atoms with Crippen LogP contribution in [0.5, 0.6) is 5.75 Å². The maximum atomic E-state index is 12.1. The van der Waals surface area contributed by atoms with E-state index in [1.165, 1.54) is 11.6 Å². The molecule has 1 aromatic heterocycles. The zero-order chi connectivity index (χ0) is 30.0. The highest BCUT2D eigenvalue weighted by atomic mass is 16.5. The molecule has 0 radical (unpaired) electrons. The highest BCUT2D eigenvalue weighted by molar-refractivity contribution is 5.87. The Labute approximate surface area is 254 Å². The maximum absolute atomic E-state index is 12.1. The van der Waals surface area contributed by atoms with Gasteiger partial charge in [0.1, 0.15) is 5.75 Å². The lowest BCUT2D eigenvalue weighted by molar-refractivity contribution is -0.137. The molecule has 0 unspecified atom stereocenters. The van der Waals surface area contributed by atoms with Crippen molar-refractivity contribution in [1.29, 1.82) is 0 Å². The van der Waals surface area contributed by atoms with Crippen molar-refractivity contribution < 1.29 is 9.53 Å². The minimum Gasteiger partial charge on any atom is -0.493 e. The van der Waals surface area contributed by atoms with Crippen molar-refractivity contribution in [3.8, 4) is 17.0 Å². The molecule has 10 heteroatoms. The van der Waals surface area contributed by atoms with Gasteiger partial charge in [0.25, 0.3) is 0 Å². The van der Waals surface area contributed by atoms with E-state index < -0.39 is 0 Å². The maximum Gasteiger partial charge on any atom is 0.247 e. The zero-order valence-electron chi connectivity index (χ0n) is 25.2. The number of hydrogen-bond donors (Lipinski definition) is 2. The molecule has 1 saturated heterocycles. The van der Waals surface area contributed by atoms with Crippen molar-refractivity contribution in [1.82, 2.24) is 29.8 Å². The number of amides is 1. The number of carbonyl (C=O) groups excluding carboxylic acids is 1. The van der Waals surface area contributed by atoms with Crippen LogP contribution in [0.1, 0.15) is 18.4 Å². The number of likely N-dealkylation sites (N-methyl/N-ethyl adjacent to an activating group) is 2. The second-order valence-corrected chi connectivity index (χ2v) is 11.0. The lowest BCUT2D eigenvalue weighted by atomic mass is 10.1. The van der Waals surface area contributed by atoms with E-state index in [1.54, 1.807) is 6.20 Å². The third-order valence-electron chi connectivity index (χ3n) is 7.54. The summed E-state index contributed by atoms with van der Waals surface area (Å²) in [7, 11) is 4.19. The first-order valence-electron chi connectivity index (χ1n) is 14.9. The molecule has 1 amide bonds. The molecule has 226 valence electrons. The largest absolute Gasteiger partial charge is 0.493 e. The molecule has 5 rings (SSSR count). The number of anilines is 3. The SMILES string of the molecule is C=CC(=O)N1CCCN(N(C)CCNc2cc3cc(c2)Nc2nccc(n2)-c2cccc(c2)OCC/C=C/CN(C)C3)C1. The summed E-state index contributed by atoms with van der Waals surface area (Å²) in [5.74, 6) is 1.34. The van der Waals surface area contributed by atoms with Crippen LogP contribution in [0.4, 0.5) is 17.3 Å². The Balaban J connectivity index is 1.32. The minimum absolute atomic E-state index is 0.0196. The fraction of sp³-hybridized carbons (Fsp3) is 0.364. The van der Waals surface area contributed by atoms with E-state index in [1.807, 2.05) is 35.2 Å². The Morgan fingerprint density at radius 2 is 2.09 bits per heavy atom. The van der Waals surface area contributed by atoms with Crippen molar-refractivity contribution in [3.63, 3.8) is 0 Å². The van der Waals surface area contributed by atoms with Crippen LogP contribution in [0, 0.1) is 0 Å². The quantitative estimate of drug-likeness (QED) is 0.320. The van der Waals surface area contributed by atoms with E-state index in [4.69, 9.17) is 9.72 Å². The van der Waals surface area contributed by atoms with Crippen LogP contribution in [-0.4, -0.2) is 95.8 Å². The Kier molecular flexibility index (Phi) is 10.4. The lowest BCUT2D eigenvalue weighted by Crippen LogP contribution is -2.53. The summed E-state index contributed by atoms with van der Waals surface area (Å²) < 4.78 is 5.98. The number of hydrazine groups is 1. The molecular weight excluding hydrogens is 540 g/mol. The predicted octanol–water partition coefficient (Wildman–Crippen LogP) is 4.59. The van der Waals surface area contributed by atoms with Gasteiger partial charge in [0.15, 0.2) is 0 Å². The van der Waals surface area contributed by atoms with Crippen LogP contribution < -0.4 is 15.4 Å². The van der Waals surface area contributed by atoms with Crippen LogP contribution >= 0.6 is 0 Å². The number of nitrogens with one attached hydrogen (secondary N) is 2. The monoisotopic (exact) mass is 582 g/mol. The number of rotatable bonds is 6. The molecule has 0 aliphatic carbocycles. The third kappa shape index (κ3) is 8.63. The molecule has 43 heavy (non-hydrogen) atoms. The van der Waals surface area contributed by atoms with Gasteiger partial charge >= 0.3 is 0 Å². The smallest absolute Gasteiger partial charge is 0.247 e. The Bertz CT molecular complexity index is 1430. The number of nitrogens with zero attached hydrogens (tertiary/aromatic N) is 6. The summed E-state index contributed by atoms with van der Waals surface area (Å²) in [5, 5.41) is 11.4. The predicted molar refractivity (Wildman–Crippen MR) is 172 cm³/mol. The highest BCUT2D eigenvalue weighted by Gasteiger charge is 2.22. The van der Waals surface area contributed by atoms with Crippen molar-refractivity contribution in [2.45, 2.75) is 19.4 Å². The molecule has 2 aromatic carbocycles. The van der Waals surface area contributed by atoms with Gasteiger partial charge in [-0.05, 0) is 67.9 Å². The number of fused-ring (bicyclic) bond motifs is 7. The van der Waals surface area contributed by atoms with Gasteiger partial charge in [0.2, 0.25) is 11.9 Å². The average Bonchev–Trinajstić information content (AvgIpc) is 3.02. The van der Waals surface area contributed by atoms with Crippen LogP contribution in [0.25, 0.3) is 11.3 Å². The van der Waals surface area contributed by atoms with Gasteiger partial charge in [0, 0.05) is 69.5 Å². The van der Waals surface area contributed by atoms with Gasteiger partial charge in [-0.2, -0.15) is 0 Å². The third-order valence-corrected chi connectivity index (χ3v) is 7.54. The van der Waals surface area contributed by atoms with E-state index in [0.29, 0.717) is 19.2 Å². The Morgan fingerprint density at radius 3 is 2.98 bits per heavy atom. The molecular formula is C33H42N8O2. The van der Waals surface area contributed by atoms with E-state index in [-0.39, 0.29) is 5.91 Å². The van der Waals surface area contributed by atoms with Gasteiger partial charge in [-0.25, -0.2) is 20.0 Å². The van der Waals surface area contributed by atoms with Crippen molar-refractivity contribution >= 4 is 23.2 Å². The van der Waals surface area contributed by atoms with Gasteiger partial charge in [-0.1, -0.05) is 30.9 Å². The molecule has 2 aliphatic rings. The second kappa shape index (κ2) is 14.8. The summed E-state index contributed by atoms with van der Waals surface area (Å²) in [5.41, 5.74) is 4.93. The summed E-state index contributed by atoms with van der Waals surface area (Å²) in [6.07, 6.45) is 9.33. The molecule has 3 heterocycles. The van der Waals surface area contributed by atoms with Gasteiger partial charge < -0.3 is 20.3 Å². The normalized spacial score (nSPS) is 17.2. The Morgan fingerprint density at radius 1 is 1.19 bits per heavy atom. The van der Waals surface area contributed by atoms with E-state index in [0.717, 1.165) is 80.5 Å². The van der Waals surface area contributed by atoms with Crippen LogP contribution in [0.15, 0.2) is 79.5 Å². The van der Waals surface area contributed by atoms with E-state index >= 15 is 0 Å². The Hall–Kier alpha value is -4.25. The number of carbonyl (C=O) groups is 1. The van der Waals surface area contributed by atoms with Crippen LogP contribution in [-0.2, 0) is 11.3 Å². The molecule has 0 saturated carbocycles. The number of benzene rings is 2. The van der Waals surface area contributed by atoms with Crippen molar-refractivity contribution in [2.24, 2.45) is 0 Å². The highest BCUT2D eigenvalue weighted by Crippen LogP contribution is 2.26. The second-order valence-electron chi connectivity index (χ2n) is 11.0. The molecule has 3 aromatic rings. The molecule has 1 fully saturated rings. The molecule has 10 nitrogen and oxygen atoms in total.